The zero-order chi connectivity index (χ0) is 18.4. The Bertz CT molecular complexity index is 811. The number of fused-ring (bicyclic) bond motifs is 1. The van der Waals surface area contributed by atoms with Crippen LogP contribution in [0.4, 0.5) is 0 Å². The summed E-state index contributed by atoms with van der Waals surface area (Å²) >= 11 is 0. The number of amides is 2. The molecule has 0 fully saturated rings. The number of hydrogen-bond acceptors (Lipinski definition) is 5. The zero-order valence-corrected chi connectivity index (χ0v) is 14.4. The highest BCUT2D eigenvalue weighted by molar-refractivity contribution is 6.04. The van der Waals surface area contributed by atoms with Crippen LogP contribution in [0.15, 0.2) is 46.7 Å². The van der Waals surface area contributed by atoms with E-state index in [1.54, 1.807) is 30.3 Å². The SMILES string of the molecule is CCCCNC(=O)/C(=C/c1ccc2c(c1)OCO2)NC(=O)c1ccco1. The van der Waals surface area contributed by atoms with Crippen molar-refractivity contribution in [2.75, 3.05) is 13.3 Å². The molecule has 2 N–H and O–H groups in total. The molecule has 1 aliphatic rings. The molecule has 0 aliphatic carbocycles. The van der Waals surface area contributed by atoms with Crippen LogP contribution < -0.4 is 20.1 Å². The quantitative estimate of drug-likeness (QED) is 0.588. The van der Waals surface area contributed by atoms with Crippen LogP contribution in [0.3, 0.4) is 0 Å². The summed E-state index contributed by atoms with van der Waals surface area (Å²) in [5.74, 6) is 0.518. The number of rotatable bonds is 7. The number of carbonyl (C=O) groups is 2. The van der Waals surface area contributed by atoms with Gasteiger partial charge < -0.3 is 24.5 Å². The van der Waals surface area contributed by atoms with Crippen molar-refractivity contribution in [2.24, 2.45) is 0 Å². The van der Waals surface area contributed by atoms with Crippen molar-refractivity contribution in [3.05, 3.63) is 53.6 Å². The number of unbranched alkanes of at least 4 members (excludes halogenated alkanes) is 1. The summed E-state index contributed by atoms with van der Waals surface area (Å²) in [6.45, 7) is 2.74. The van der Waals surface area contributed by atoms with E-state index in [1.165, 1.54) is 12.3 Å². The third-order valence-corrected chi connectivity index (χ3v) is 3.76. The summed E-state index contributed by atoms with van der Waals surface area (Å²) in [5.41, 5.74) is 0.830. The molecule has 1 aromatic heterocycles. The summed E-state index contributed by atoms with van der Waals surface area (Å²) in [7, 11) is 0. The first kappa shape index (κ1) is 17.6. The molecular weight excluding hydrogens is 336 g/mol. The van der Waals surface area contributed by atoms with Gasteiger partial charge in [0, 0.05) is 6.54 Å². The molecule has 0 saturated carbocycles. The van der Waals surface area contributed by atoms with Gasteiger partial charge in [0.25, 0.3) is 11.8 Å². The first-order chi connectivity index (χ1) is 12.7. The maximum atomic E-state index is 12.5. The van der Waals surface area contributed by atoms with E-state index in [2.05, 4.69) is 10.6 Å². The van der Waals surface area contributed by atoms with E-state index in [0.29, 0.717) is 23.6 Å². The molecule has 136 valence electrons. The molecule has 0 atom stereocenters. The lowest BCUT2D eigenvalue weighted by atomic mass is 10.1. The van der Waals surface area contributed by atoms with Crippen LogP contribution in [-0.4, -0.2) is 25.2 Å². The van der Waals surface area contributed by atoms with Crippen molar-refractivity contribution >= 4 is 17.9 Å². The van der Waals surface area contributed by atoms with Crippen LogP contribution in [0.5, 0.6) is 11.5 Å². The number of furan rings is 1. The van der Waals surface area contributed by atoms with Gasteiger partial charge in [0.15, 0.2) is 17.3 Å². The second kappa shape index (κ2) is 8.24. The Kier molecular flexibility index (Phi) is 5.58. The number of nitrogens with one attached hydrogen (secondary N) is 2. The molecular formula is C19H20N2O5. The van der Waals surface area contributed by atoms with Crippen molar-refractivity contribution in [1.82, 2.24) is 10.6 Å². The lowest BCUT2D eigenvalue weighted by molar-refractivity contribution is -0.117. The second-order valence-electron chi connectivity index (χ2n) is 5.71. The molecule has 1 aromatic carbocycles. The van der Waals surface area contributed by atoms with Crippen LogP contribution in [0.25, 0.3) is 6.08 Å². The van der Waals surface area contributed by atoms with E-state index in [0.717, 1.165) is 12.8 Å². The van der Waals surface area contributed by atoms with Crippen LogP contribution in [0, 0.1) is 0 Å². The van der Waals surface area contributed by atoms with Crippen LogP contribution in [0.2, 0.25) is 0 Å². The van der Waals surface area contributed by atoms with Gasteiger partial charge in [0.1, 0.15) is 5.70 Å². The Hall–Kier alpha value is -3.22. The predicted octanol–water partition coefficient (Wildman–Crippen LogP) is 2.70. The first-order valence-electron chi connectivity index (χ1n) is 8.42. The van der Waals surface area contributed by atoms with Gasteiger partial charge in [-0.05, 0) is 42.3 Å². The zero-order valence-electron chi connectivity index (χ0n) is 14.4. The molecule has 0 bridgehead atoms. The molecule has 3 rings (SSSR count). The summed E-state index contributed by atoms with van der Waals surface area (Å²) in [6.07, 6.45) is 4.80. The van der Waals surface area contributed by atoms with E-state index in [4.69, 9.17) is 13.9 Å². The van der Waals surface area contributed by atoms with Gasteiger partial charge in [-0.2, -0.15) is 0 Å². The monoisotopic (exact) mass is 356 g/mol. The van der Waals surface area contributed by atoms with E-state index in [-0.39, 0.29) is 24.2 Å². The maximum Gasteiger partial charge on any atom is 0.291 e. The molecule has 7 nitrogen and oxygen atoms in total. The normalized spacial score (nSPS) is 12.7. The van der Waals surface area contributed by atoms with E-state index in [9.17, 15) is 9.59 Å². The molecule has 0 saturated heterocycles. The highest BCUT2D eigenvalue weighted by atomic mass is 16.7. The average molecular weight is 356 g/mol. The number of carbonyl (C=O) groups excluding carboxylic acids is 2. The highest BCUT2D eigenvalue weighted by Gasteiger charge is 2.17. The van der Waals surface area contributed by atoms with Crippen LogP contribution in [0.1, 0.15) is 35.9 Å². The van der Waals surface area contributed by atoms with Gasteiger partial charge in [-0.1, -0.05) is 19.4 Å². The maximum absolute atomic E-state index is 12.5. The lowest BCUT2D eigenvalue weighted by Crippen LogP contribution is -2.35. The minimum absolute atomic E-state index is 0.126. The van der Waals surface area contributed by atoms with E-state index < -0.39 is 5.91 Å². The fraction of sp³-hybridized carbons (Fsp3) is 0.263. The molecule has 0 spiro atoms. The van der Waals surface area contributed by atoms with Crippen molar-refractivity contribution in [3.63, 3.8) is 0 Å². The van der Waals surface area contributed by atoms with Crippen LogP contribution in [-0.2, 0) is 4.79 Å². The van der Waals surface area contributed by atoms with Crippen LogP contribution >= 0.6 is 0 Å². The summed E-state index contributed by atoms with van der Waals surface area (Å²) in [4.78, 5) is 24.7. The topological polar surface area (TPSA) is 89.8 Å². The number of benzene rings is 1. The largest absolute Gasteiger partial charge is 0.459 e. The summed E-state index contributed by atoms with van der Waals surface area (Å²) in [5, 5.41) is 5.41. The molecule has 0 unspecified atom stereocenters. The van der Waals surface area contributed by atoms with Gasteiger partial charge >= 0.3 is 0 Å². The Morgan fingerprint density at radius 2 is 2.04 bits per heavy atom. The molecule has 1 aliphatic heterocycles. The number of ether oxygens (including phenoxy) is 2. The Morgan fingerprint density at radius 3 is 2.81 bits per heavy atom. The Labute approximate surface area is 151 Å². The predicted molar refractivity (Wildman–Crippen MR) is 94.6 cm³/mol. The van der Waals surface area contributed by atoms with Crippen molar-refractivity contribution < 1.29 is 23.5 Å². The minimum Gasteiger partial charge on any atom is -0.459 e. The van der Waals surface area contributed by atoms with Gasteiger partial charge in [-0.15, -0.1) is 0 Å². The number of hydrogen-bond donors (Lipinski definition) is 2. The van der Waals surface area contributed by atoms with E-state index >= 15 is 0 Å². The fourth-order valence-corrected chi connectivity index (χ4v) is 2.39. The first-order valence-corrected chi connectivity index (χ1v) is 8.42. The van der Waals surface area contributed by atoms with Crippen molar-refractivity contribution in [1.29, 1.82) is 0 Å². The lowest BCUT2D eigenvalue weighted by Gasteiger charge is -2.10. The molecule has 7 heteroatoms. The summed E-state index contributed by atoms with van der Waals surface area (Å²) < 4.78 is 15.7. The molecule has 26 heavy (non-hydrogen) atoms. The third-order valence-electron chi connectivity index (χ3n) is 3.76. The highest BCUT2D eigenvalue weighted by Crippen LogP contribution is 2.33. The second-order valence-corrected chi connectivity index (χ2v) is 5.71. The Morgan fingerprint density at radius 1 is 1.19 bits per heavy atom. The van der Waals surface area contributed by atoms with Crippen molar-refractivity contribution in [2.45, 2.75) is 19.8 Å². The molecule has 2 amide bonds. The smallest absolute Gasteiger partial charge is 0.291 e. The fourth-order valence-electron chi connectivity index (χ4n) is 2.39. The van der Waals surface area contributed by atoms with Gasteiger partial charge in [0.2, 0.25) is 6.79 Å². The van der Waals surface area contributed by atoms with E-state index in [1.807, 2.05) is 6.92 Å². The van der Waals surface area contributed by atoms with Gasteiger partial charge in [-0.3, -0.25) is 9.59 Å². The molecule has 2 heterocycles. The molecule has 0 radical (unpaired) electrons. The summed E-state index contributed by atoms with van der Waals surface area (Å²) in [6, 6.07) is 8.43. The van der Waals surface area contributed by atoms with Crippen molar-refractivity contribution in [3.8, 4) is 11.5 Å². The average Bonchev–Trinajstić information content (AvgIpc) is 3.32. The van der Waals surface area contributed by atoms with Gasteiger partial charge in [0.05, 0.1) is 6.26 Å². The Balaban J connectivity index is 1.81. The van der Waals surface area contributed by atoms with Gasteiger partial charge in [-0.25, -0.2) is 0 Å². The standard InChI is InChI=1S/C19H20N2O5/c1-2-3-8-20-18(22)14(21-19(23)16-5-4-9-24-16)10-13-6-7-15-17(11-13)26-12-25-15/h4-7,9-11H,2-3,8,12H2,1H3,(H,20,22)(H,21,23)/b14-10-. The molecule has 2 aromatic rings. The third kappa shape index (κ3) is 4.24. The minimum atomic E-state index is -0.493.